The van der Waals surface area contributed by atoms with Gasteiger partial charge in [0.1, 0.15) is 12.9 Å². The monoisotopic (exact) mass is 173 g/mol. The molecule has 0 spiro atoms. The highest BCUT2D eigenvalue weighted by Crippen LogP contribution is 2.22. The highest BCUT2D eigenvalue weighted by Gasteiger charge is 2.36. The van der Waals surface area contributed by atoms with Crippen LogP contribution in [-0.2, 0) is 9.47 Å². The smallest absolute Gasteiger partial charge is 0.407 e. The second-order valence-electron chi connectivity index (χ2n) is 3.05. The summed E-state index contributed by atoms with van der Waals surface area (Å²) < 4.78 is 10.5. The molecule has 2 heterocycles. The molecule has 2 rings (SSSR count). The van der Waals surface area contributed by atoms with Gasteiger partial charge in [-0.05, 0) is 6.42 Å². The molecule has 2 fully saturated rings. The van der Waals surface area contributed by atoms with Crippen molar-refractivity contribution < 1.29 is 19.4 Å². The van der Waals surface area contributed by atoms with Crippen LogP contribution in [0.4, 0.5) is 4.79 Å². The van der Waals surface area contributed by atoms with E-state index in [1.165, 1.54) is 4.90 Å². The lowest BCUT2D eigenvalue weighted by atomic mass is 10.1. The van der Waals surface area contributed by atoms with Crippen LogP contribution >= 0.6 is 0 Å². The molecule has 2 saturated heterocycles. The normalized spacial score (nSPS) is 34.8. The molecule has 0 aromatic carbocycles. The number of carbonyl (C=O) groups is 1. The first kappa shape index (κ1) is 7.82. The number of piperidine rings is 1. The lowest BCUT2D eigenvalue weighted by molar-refractivity contribution is 0.0377. The maximum absolute atomic E-state index is 10.6. The van der Waals surface area contributed by atoms with Crippen LogP contribution in [0.3, 0.4) is 0 Å². The minimum absolute atomic E-state index is 0.0464. The fraction of sp³-hybridized carbons (Fsp3) is 0.857. The van der Waals surface area contributed by atoms with Gasteiger partial charge in [-0.2, -0.15) is 0 Å². The van der Waals surface area contributed by atoms with Gasteiger partial charge in [0.2, 0.25) is 0 Å². The van der Waals surface area contributed by atoms with Crippen LogP contribution in [0.1, 0.15) is 6.42 Å². The second-order valence-corrected chi connectivity index (χ2v) is 3.05. The molecule has 2 atom stereocenters. The van der Waals surface area contributed by atoms with E-state index in [2.05, 4.69) is 0 Å². The Morgan fingerprint density at radius 1 is 1.42 bits per heavy atom. The van der Waals surface area contributed by atoms with Gasteiger partial charge in [-0.15, -0.1) is 0 Å². The quantitative estimate of drug-likeness (QED) is 0.565. The molecule has 2 unspecified atom stereocenters. The van der Waals surface area contributed by atoms with Crippen molar-refractivity contribution in [2.45, 2.75) is 18.6 Å². The minimum atomic E-state index is -0.871. The fourth-order valence-corrected chi connectivity index (χ4v) is 1.63. The fourth-order valence-electron chi connectivity index (χ4n) is 1.63. The average Bonchev–Trinajstić information content (AvgIpc) is 2.49. The van der Waals surface area contributed by atoms with E-state index in [4.69, 9.17) is 14.6 Å². The topological polar surface area (TPSA) is 59.0 Å². The summed E-state index contributed by atoms with van der Waals surface area (Å²) in [6, 6.07) is 0. The second kappa shape index (κ2) is 2.91. The summed E-state index contributed by atoms with van der Waals surface area (Å²) in [5.74, 6) is 0. The lowest BCUT2D eigenvalue weighted by Gasteiger charge is -2.30. The molecule has 1 amide bonds. The number of nitrogens with zero attached hydrogens (tertiary/aromatic N) is 1. The SMILES string of the molecule is O=C(O)N1CCC2OCOC2C1. The van der Waals surface area contributed by atoms with Crippen molar-refractivity contribution in [3.63, 3.8) is 0 Å². The molecule has 0 saturated carbocycles. The van der Waals surface area contributed by atoms with E-state index in [1.807, 2.05) is 0 Å². The van der Waals surface area contributed by atoms with Crippen LogP contribution in [0.2, 0.25) is 0 Å². The molecule has 0 radical (unpaired) electrons. The Morgan fingerprint density at radius 2 is 2.17 bits per heavy atom. The Hall–Kier alpha value is -0.810. The number of amides is 1. The molecular weight excluding hydrogens is 162 g/mol. The van der Waals surface area contributed by atoms with Gasteiger partial charge in [0.05, 0.1) is 12.6 Å². The number of rotatable bonds is 0. The molecule has 2 aliphatic heterocycles. The number of fused-ring (bicyclic) bond motifs is 1. The van der Waals surface area contributed by atoms with Gasteiger partial charge < -0.3 is 19.5 Å². The number of hydrogen-bond donors (Lipinski definition) is 1. The van der Waals surface area contributed by atoms with Gasteiger partial charge >= 0.3 is 6.09 Å². The Labute approximate surface area is 69.9 Å². The van der Waals surface area contributed by atoms with E-state index < -0.39 is 6.09 Å². The maximum Gasteiger partial charge on any atom is 0.407 e. The van der Waals surface area contributed by atoms with Crippen LogP contribution in [0.15, 0.2) is 0 Å². The number of ether oxygens (including phenoxy) is 2. The largest absolute Gasteiger partial charge is 0.465 e. The number of carboxylic acid groups (broad SMARTS) is 1. The molecule has 1 N–H and O–H groups in total. The Morgan fingerprint density at radius 3 is 2.92 bits per heavy atom. The molecule has 68 valence electrons. The number of likely N-dealkylation sites (tertiary alicyclic amines) is 1. The summed E-state index contributed by atoms with van der Waals surface area (Å²) >= 11 is 0. The van der Waals surface area contributed by atoms with Crippen molar-refractivity contribution in [2.75, 3.05) is 19.9 Å². The van der Waals surface area contributed by atoms with Crippen molar-refractivity contribution in [2.24, 2.45) is 0 Å². The van der Waals surface area contributed by atoms with Crippen LogP contribution in [0, 0.1) is 0 Å². The summed E-state index contributed by atoms with van der Waals surface area (Å²) in [7, 11) is 0. The van der Waals surface area contributed by atoms with Crippen LogP contribution in [-0.4, -0.2) is 48.2 Å². The average molecular weight is 173 g/mol. The van der Waals surface area contributed by atoms with E-state index in [9.17, 15) is 4.79 Å². The molecule has 2 aliphatic rings. The summed E-state index contributed by atoms with van der Waals surface area (Å²) in [6.45, 7) is 1.31. The third-order valence-electron chi connectivity index (χ3n) is 2.33. The molecule has 0 aromatic rings. The van der Waals surface area contributed by atoms with E-state index in [1.54, 1.807) is 0 Å². The lowest BCUT2D eigenvalue weighted by Crippen LogP contribution is -2.47. The van der Waals surface area contributed by atoms with Crippen LogP contribution in [0.25, 0.3) is 0 Å². The van der Waals surface area contributed by atoms with Gasteiger partial charge in [-0.25, -0.2) is 4.79 Å². The van der Waals surface area contributed by atoms with Gasteiger partial charge in [0, 0.05) is 6.54 Å². The molecule has 12 heavy (non-hydrogen) atoms. The summed E-state index contributed by atoms with van der Waals surface area (Å²) in [5, 5.41) is 8.69. The molecule has 5 nitrogen and oxygen atoms in total. The molecule has 0 aromatic heterocycles. The third-order valence-corrected chi connectivity index (χ3v) is 2.33. The Balaban J connectivity index is 1.96. The first-order valence-electron chi connectivity index (χ1n) is 3.98. The highest BCUT2D eigenvalue weighted by molar-refractivity contribution is 5.65. The Kier molecular flexibility index (Phi) is 1.90. The van der Waals surface area contributed by atoms with Crippen molar-refractivity contribution in [3.8, 4) is 0 Å². The molecule has 5 heteroatoms. The summed E-state index contributed by atoms with van der Waals surface area (Å²) in [4.78, 5) is 11.9. The van der Waals surface area contributed by atoms with Gasteiger partial charge in [-0.3, -0.25) is 0 Å². The van der Waals surface area contributed by atoms with E-state index >= 15 is 0 Å². The third kappa shape index (κ3) is 1.25. The summed E-state index contributed by atoms with van der Waals surface area (Å²) in [6.07, 6.45) is -0.0591. The summed E-state index contributed by atoms with van der Waals surface area (Å²) in [5.41, 5.74) is 0. The predicted octanol–water partition coefficient (Wildman–Crippen LogP) is 0.112. The number of hydrogen-bond acceptors (Lipinski definition) is 3. The highest BCUT2D eigenvalue weighted by atomic mass is 16.7. The van der Waals surface area contributed by atoms with Crippen molar-refractivity contribution in [3.05, 3.63) is 0 Å². The first-order valence-corrected chi connectivity index (χ1v) is 3.98. The molecule has 0 aliphatic carbocycles. The molecular formula is C7H11NO4. The maximum atomic E-state index is 10.6. The van der Waals surface area contributed by atoms with E-state index in [0.29, 0.717) is 19.9 Å². The van der Waals surface area contributed by atoms with Crippen LogP contribution < -0.4 is 0 Å². The first-order chi connectivity index (χ1) is 5.77. The van der Waals surface area contributed by atoms with Crippen LogP contribution in [0.5, 0.6) is 0 Å². The minimum Gasteiger partial charge on any atom is -0.465 e. The van der Waals surface area contributed by atoms with Gasteiger partial charge in [0.25, 0.3) is 0 Å². The standard InChI is InChI=1S/C7H11NO4/c9-7(10)8-2-1-5-6(3-8)12-4-11-5/h5-6H,1-4H2,(H,9,10). The van der Waals surface area contributed by atoms with Crippen molar-refractivity contribution in [1.29, 1.82) is 0 Å². The van der Waals surface area contributed by atoms with Gasteiger partial charge in [-0.1, -0.05) is 0 Å². The molecule has 0 bridgehead atoms. The van der Waals surface area contributed by atoms with E-state index in [0.717, 1.165) is 6.42 Å². The van der Waals surface area contributed by atoms with Gasteiger partial charge in [0.15, 0.2) is 0 Å². The zero-order chi connectivity index (χ0) is 8.55. The predicted molar refractivity (Wildman–Crippen MR) is 38.8 cm³/mol. The zero-order valence-corrected chi connectivity index (χ0v) is 6.60. The van der Waals surface area contributed by atoms with Crippen molar-refractivity contribution >= 4 is 6.09 Å². The van der Waals surface area contributed by atoms with Crippen molar-refractivity contribution in [1.82, 2.24) is 4.90 Å². The Bertz CT molecular complexity index is 196. The zero-order valence-electron chi connectivity index (χ0n) is 6.60. The van der Waals surface area contributed by atoms with E-state index in [-0.39, 0.29) is 12.2 Å².